The lowest BCUT2D eigenvalue weighted by atomic mass is 10.2. The number of nitrogens with zero attached hydrogens (tertiary/aromatic N) is 3. The van der Waals surface area contributed by atoms with Crippen LogP contribution in [0.4, 0.5) is 11.5 Å². The molecule has 8 nitrogen and oxygen atoms in total. The third-order valence-corrected chi connectivity index (χ3v) is 3.71. The zero-order chi connectivity index (χ0) is 16.5. The Morgan fingerprint density at radius 3 is 3.04 bits per heavy atom. The van der Waals surface area contributed by atoms with Gasteiger partial charge >= 0.3 is 0 Å². The topological polar surface area (TPSA) is 111 Å². The number of hydrogen-bond acceptors (Lipinski definition) is 5. The first-order valence-electron chi connectivity index (χ1n) is 7.17. The second-order valence-corrected chi connectivity index (χ2v) is 5.43. The van der Waals surface area contributed by atoms with Crippen LogP contribution in [0.2, 0.25) is 5.28 Å². The van der Waals surface area contributed by atoms with E-state index in [2.05, 4.69) is 35.6 Å². The largest absolute Gasteiger partial charge is 0.361 e. The highest BCUT2D eigenvalue weighted by Gasteiger charge is 2.11. The normalized spacial score (nSPS) is 11.0. The molecule has 4 N–H and O–H groups in total. The van der Waals surface area contributed by atoms with Crippen LogP contribution in [0.1, 0.15) is 0 Å². The van der Waals surface area contributed by atoms with Crippen LogP contribution >= 0.6 is 11.6 Å². The van der Waals surface area contributed by atoms with Gasteiger partial charge < -0.3 is 20.6 Å². The molecule has 0 saturated heterocycles. The number of hydrogen-bond donors (Lipinski definition) is 4. The molecular weight excluding hydrogens is 330 g/mol. The van der Waals surface area contributed by atoms with E-state index in [1.54, 1.807) is 0 Å². The number of benzene rings is 1. The van der Waals surface area contributed by atoms with E-state index in [4.69, 9.17) is 11.6 Å². The maximum absolute atomic E-state index is 12.2. The lowest BCUT2D eigenvalue weighted by Crippen LogP contribution is -2.22. The first-order chi connectivity index (χ1) is 11.7. The lowest BCUT2D eigenvalue weighted by Gasteiger charge is -2.09. The SMILES string of the molecule is O=C(CNc1nc(Cl)nc2nc[nH]c12)Nc1cccc2[nH]ccc12. The van der Waals surface area contributed by atoms with Gasteiger partial charge in [0, 0.05) is 17.1 Å². The second-order valence-electron chi connectivity index (χ2n) is 5.09. The average Bonchev–Trinajstić information content (AvgIpc) is 3.21. The number of carbonyl (C=O) groups is 1. The molecule has 3 aromatic heterocycles. The van der Waals surface area contributed by atoms with Crippen LogP contribution < -0.4 is 10.6 Å². The highest BCUT2D eigenvalue weighted by Crippen LogP contribution is 2.22. The van der Waals surface area contributed by atoms with Crippen molar-refractivity contribution in [3.8, 4) is 0 Å². The van der Waals surface area contributed by atoms with Gasteiger partial charge in [-0.1, -0.05) is 6.07 Å². The highest BCUT2D eigenvalue weighted by atomic mass is 35.5. The summed E-state index contributed by atoms with van der Waals surface area (Å²) >= 11 is 5.86. The Balaban J connectivity index is 1.50. The average molecular weight is 342 g/mol. The van der Waals surface area contributed by atoms with Crippen LogP contribution in [0.15, 0.2) is 36.8 Å². The molecule has 0 aliphatic heterocycles. The number of carbonyl (C=O) groups excluding carboxylic acids is 1. The molecule has 0 bridgehead atoms. The zero-order valence-electron chi connectivity index (χ0n) is 12.3. The third kappa shape index (κ3) is 2.63. The maximum atomic E-state index is 12.2. The molecule has 120 valence electrons. The molecule has 0 spiro atoms. The van der Waals surface area contributed by atoms with Crippen molar-refractivity contribution in [3.63, 3.8) is 0 Å². The molecular formula is C15H12ClN7O. The van der Waals surface area contributed by atoms with Gasteiger partial charge in [-0.25, -0.2) is 4.98 Å². The number of anilines is 2. The fraction of sp³-hybridized carbons (Fsp3) is 0.0667. The van der Waals surface area contributed by atoms with E-state index in [1.807, 2.05) is 30.5 Å². The van der Waals surface area contributed by atoms with E-state index in [1.165, 1.54) is 6.33 Å². The number of imidazole rings is 1. The summed E-state index contributed by atoms with van der Waals surface area (Å²) in [5.41, 5.74) is 2.74. The van der Waals surface area contributed by atoms with Crippen LogP contribution in [0, 0.1) is 0 Å². The molecule has 0 saturated carbocycles. The molecule has 0 fully saturated rings. The van der Waals surface area contributed by atoms with Gasteiger partial charge in [0.1, 0.15) is 5.52 Å². The molecule has 0 atom stereocenters. The Hall–Kier alpha value is -3.13. The van der Waals surface area contributed by atoms with Gasteiger partial charge in [-0.05, 0) is 29.8 Å². The molecule has 4 rings (SSSR count). The number of H-pyrrole nitrogens is 2. The molecule has 9 heteroatoms. The van der Waals surface area contributed by atoms with E-state index in [-0.39, 0.29) is 17.7 Å². The fourth-order valence-electron chi connectivity index (χ4n) is 2.49. The van der Waals surface area contributed by atoms with Crippen molar-refractivity contribution in [2.45, 2.75) is 0 Å². The van der Waals surface area contributed by atoms with Crippen molar-refractivity contribution in [3.05, 3.63) is 42.1 Å². The van der Waals surface area contributed by atoms with Crippen molar-refractivity contribution in [1.29, 1.82) is 0 Å². The van der Waals surface area contributed by atoms with Crippen LogP contribution in [0.5, 0.6) is 0 Å². The van der Waals surface area contributed by atoms with E-state index in [0.717, 1.165) is 16.6 Å². The molecule has 1 aromatic carbocycles. The smallest absolute Gasteiger partial charge is 0.243 e. The summed E-state index contributed by atoms with van der Waals surface area (Å²) in [5, 5.41) is 6.84. The van der Waals surface area contributed by atoms with Gasteiger partial charge in [-0.3, -0.25) is 4.79 Å². The summed E-state index contributed by atoms with van der Waals surface area (Å²) in [5.74, 6) is 0.226. The standard InChI is InChI=1S/C15H12ClN7O/c16-15-22-13(12-14(23-15)20-7-19-12)18-6-11(24)21-10-3-1-2-9-8(10)4-5-17-9/h1-5,7,17H,6H2,(H,21,24)(H2,18,19,20,22,23). The Morgan fingerprint density at radius 1 is 1.21 bits per heavy atom. The summed E-state index contributed by atoms with van der Waals surface area (Å²) in [6, 6.07) is 7.58. The monoisotopic (exact) mass is 341 g/mol. The van der Waals surface area contributed by atoms with Crippen molar-refractivity contribution in [1.82, 2.24) is 24.9 Å². The number of halogens is 1. The van der Waals surface area contributed by atoms with Gasteiger partial charge in [0.2, 0.25) is 11.2 Å². The lowest BCUT2D eigenvalue weighted by molar-refractivity contribution is -0.114. The first kappa shape index (κ1) is 14.5. The van der Waals surface area contributed by atoms with E-state index in [9.17, 15) is 4.79 Å². The minimum atomic E-state index is -0.203. The van der Waals surface area contributed by atoms with Crippen molar-refractivity contribution in [2.24, 2.45) is 0 Å². The maximum Gasteiger partial charge on any atom is 0.243 e. The van der Waals surface area contributed by atoms with Crippen LogP contribution in [0.3, 0.4) is 0 Å². The van der Waals surface area contributed by atoms with Gasteiger partial charge in [0.05, 0.1) is 18.6 Å². The molecule has 1 amide bonds. The molecule has 0 aliphatic carbocycles. The minimum absolute atomic E-state index is 0.0300. The first-order valence-corrected chi connectivity index (χ1v) is 7.55. The van der Waals surface area contributed by atoms with Crippen LogP contribution in [-0.4, -0.2) is 37.4 Å². The molecule has 0 radical (unpaired) electrons. The summed E-state index contributed by atoms with van der Waals surface area (Å²) in [7, 11) is 0. The second kappa shape index (κ2) is 5.82. The number of aromatic amines is 2. The quantitative estimate of drug-likeness (QED) is 0.426. The molecule has 0 unspecified atom stereocenters. The third-order valence-electron chi connectivity index (χ3n) is 3.54. The highest BCUT2D eigenvalue weighted by molar-refractivity contribution is 6.28. The molecule has 4 aromatic rings. The van der Waals surface area contributed by atoms with Crippen molar-refractivity contribution < 1.29 is 4.79 Å². The summed E-state index contributed by atoms with van der Waals surface area (Å²) in [4.78, 5) is 30.3. The van der Waals surface area contributed by atoms with Gasteiger partial charge in [0.25, 0.3) is 0 Å². The molecule has 3 heterocycles. The minimum Gasteiger partial charge on any atom is -0.361 e. The number of aromatic nitrogens is 5. The predicted octanol–water partition coefficient (Wildman–Crippen LogP) is 2.54. The number of fused-ring (bicyclic) bond motifs is 2. The van der Waals surface area contributed by atoms with Gasteiger partial charge in [-0.2, -0.15) is 9.97 Å². The Labute approximate surface area is 140 Å². The zero-order valence-corrected chi connectivity index (χ0v) is 13.1. The van der Waals surface area contributed by atoms with E-state index < -0.39 is 0 Å². The Kier molecular flexibility index (Phi) is 3.51. The number of rotatable bonds is 4. The Bertz CT molecular complexity index is 1040. The van der Waals surface area contributed by atoms with Gasteiger partial charge in [-0.15, -0.1) is 0 Å². The summed E-state index contributed by atoms with van der Waals surface area (Å²) in [6.07, 6.45) is 3.32. The van der Waals surface area contributed by atoms with Crippen molar-refractivity contribution >= 4 is 51.1 Å². The summed E-state index contributed by atoms with van der Waals surface area (Å²) in [6.45, 7) is 0.0300. The predicted molar refractivity (Wildman–Crippen MR) is 92.1 cm³/mol. The van der Waals surface area contributed by atoms with Crippen LogP contribution in [0.25, 0.3) is 22.1 Å². The number of amides is 1. The summed E-state index contributed by atoms with van der Waals surface area (Å²) < 4.78 is 0. The fourth-order valence-corrected chi connectivity index (χ4v) is 2.65. The van der Waals surface area contributed by atoms with E-state index in [0.29, 0.717) is 17.0 Å². The van der Waals surface area contributed by atoms with Crippen molar-refractivity contribution in [2.75, 3.05) is 17.2 Å². The van der Waals surface area contributed by atoms with E-state index >= 15 is 0 Å². The molecule has 24 heavy (non-hydrogen) atoms. The number of nitrogens with one attached hydrogen (secondary N) is 4. The van der Waals surface area contributed by atoms with Gasteiger partial charge in [0.15, 0.2) is 11.5 Å². The van der Waals surface area contributed by atoms with Crippen LogP contribution in [-0.2, 0) is 4.79 Å². The molecule has 0 aliphatic rings. The Morgan fingerprint density at radius 2 is 2.12 bits per heavy atom.